The van der Waals surface area contributed by atoms with Gasteiger partial charge in [0.05, 0.1) is 6.10 Å². The van der Waals surface area contributed by atoms with Crippen LogP contribution in [0.5, 0.6) is 0 Å². The fraction of sp³-hybridized carbons (Fsp3) is 0.350. The molecule has 0 bridgehead atoms. The number of benzene rings is 2. The van der Waals surface area contributed by atoms with Crippen molar-refractivity contribution in [1.82, 2.24) is 0 Å². The second kappa shape index (κ2) is 6.45. The monoisotopic (exact) mass is 296 g/mol. The Bertz CT molecular complexity index is 648. The summed E-state index contributed by atoms with van der Waals surface area (Å²) in [5.41, 5.74) is 5.06. The Labute approximate surface area is 133 Å². The molecule has 2 aromatic carbocycles. The van der Waals surface area contributed by atoms with Crippen molar-refractivity contribution < 1.29 is 9.53 Å². The molecule has 0 amide bonds. The first-order chi connectivity index (χ1) is 10.3. The van der Waals surface area contributed by atoms with Crippen molar-refractivity contribution in [1.29, 1.82) is 0 Å². The normalized spacial score (nSPS) is 13.0. The molecule has 0 saturated heterocycles. The molecule has 1 unspecified atom stereocenters. The fourth-order valence-corrected chi connectivity index (χ4v) is 2.80. The molecular formula is C20H24O2. The predicted octanol–water partition coefficient (Wildman–Crippen LogP) is 5.21. The SMILES string of the molecule is COC(c1cc(C=O)cc(-c2ccc(C)cc2)c1)C(C)(C)C. The van der Waals surface area contributed by atoms with E-state index in [1.165, 1.54) is 5.56 Å². The van der Waals surface area contributed by atoms with Crippen LogP contribution in [0.15, 0.2) is 42.5 Å². The summed E-state index contributed by atoms with van der Waals surface area (Å²) in [6.45, 7) is 8.48. The van der Waals surface area contributed by atoms with E-state index in [9.17, 15) is 4.79 Å². The molecule has 0 aliphatic rings. The lowest BCUT2D eigenvalue weighted by Crippen LogP contribution is -2.20. The highest BCUT2D eigenvalue weighted by atomic mass is 16.5. The van der Waals surface area contributed by atoms with Gasteiger partial charge in [0.1, 0.15) is 6.29 Å². The van der Waals surface area contributed by atoms with Crippen LogP contribution in [0, 0.1) is 12.3 Å². The molecule has 0 spiro atoms. The average molecular weight is 296 g/mol. The summed E-state index contributed by atoms with van der Waals surface area (Å²) in [5, 5.41) is 0. The number of hydrogen-bond acceptors (Lipinski definition) is 2. The van der Waals surface area contributed by atoms with Gasteiger partial charge in [-0.15, -0.1) is 0 Å². The topological polar surface area (TPSA) is 26.3 Å². The van der Waals surface area contributed by atoms with Crippen molar-refractivity contribution in [3.05, 3.63) is 59.2 Å². The molecule has 0 heterocycles. The highest BCUT2D eigenvalue weighted by Crippen LogP contribution is 2.37. The van der Waals surface area contributed by atoms with Gasteiger partial charge in [0.2, 0.25) is 0 Å². The van der Waals surface area contributed by atoms with E-state index in [4.69, 9.17) is 4.74 Å². The third-order valence-electron chi connectivity index (χ3n) is 3.82. The third-order valence-corrected chi connectivity index (χ3v) is 3.82. The lowest BCUT2D eigenvalue weighted by Gasteiger charge is -2.30. The minimum atomic E-state index is -0.0587. The quantitative estimate of drug-likeness (QED) is 0.724. The molecule has 0 aromatic heterocycles. The summed E-state index contributed by atoms with van der Waals surface area (Å²) in [7, 11) is 1.72. The summed E-state index contributed by atoms with van der Waals surface area (Å²) in [6.07, 6.45) is 0.841. The van der Waals surface area contributed by atoms with Crippen molar-refractivity contribution in [2.45, 2.75) is 33.8 Å². The second-order valence-electron chi connectivity index (χ2n) is 6.85. The molecule has 2 aromatic rings. The van der Waals surface area contributed by atoms with E-state index in [-0.39, 0.29) is 11.5 Å². The third kappa shape index (κ3) is 3.63. The average Bonchev–Trinajstić information content (AvgIpc) is 2.47. The molecule has 0 aliphatic heterocycles. The van der Waals surface area contributed by atoms with Crippen molar-refractivity contribution in [3.8, 4) is 11.1 Å². The number of carbonyl (C=O) groups is 1. The summed E-state index contributed by atoms with van der Waals surface area (Å²) in [5.74, 6) is 0. The first-order valence-corrected chi connectivity index (χ1v) is 7.55. The van der Waals surface area contributed by atoms with Crippen molar-refractivity contribution >= 4 is 6.29 Å². The first-order valence-electron chi connectivity index (χ1n) is 7.55. The van der Waals surface area contributed by atoms with Gasteiger partial charge in [-0.3, -0.25) is 4.79 Å². The molecule has 1 atom stereocenters. The van der Waals surface area contributed by atoms with Crippen molar-refractivity contribution in [3.63, 3.8) is 0 Å². The maximum absolute atomic E-state index is 11.3. The number of aryl methyl sites for hydroxylation is 1. The van der Waals surface area contributed by atoms with E-state index in [1.807, 2.05) is 12.1 Å². The van der Waals surface area contributed by atoms with E-state index in [2.05, 4.69) is 58.0 Å². The van der Waals surface area contributed by atoms with Gasteiger partial charge in [-0.25, -0.2) is 0 Å². The number of aldehydes is 1. The Morgan fingerprint density at radius 3 is 2.14 bits per heavy atom. The molecule has 0 fully saturated rings. The summed E-state index contributed by atoms with van der Waals surface area (Å²) >= 11 is 0. The highest BCUT2D eigenvalue weighted by molar-refractivity contribution is 5.79. The van der Waals surface area contributed by atoms with Gasteiger partial charge < -0.3 is 4.74 Å². The zero-order valence-corrected chi connectivity index (χ0v) is 14.0. The van der Waals surface area contributed by atoms with Gasteiger partial charge in [-0.2, -0.15) is 0 Å². The van der Waals surface area contributed by atoms with Crippen LogP contribution in [0.3, 0.4) is 0 Å². The number of ether oxygens (including phenoxy) is 1. The van der Waals surface area contributed by atoms with Crippen LogP contribution >= 0.6 is 0 Å². The van der Waals surface area contributed by atoms with Crippen LogP contribution in [0.25, 0.3) is 11.1 Å². The van der Waals surface area contributed by atoms with E-state index >= 15 is 0 Å². The van der Waals surface area contributed by atoms with Gasteiger partial charge >= 0.3 is 0 Å². The fourth-order valence-electron chi connectivity index (χ4n) is 2.80. The van der Waals surface area contributed by atoms with Crippen molar-refractivity contribution in [2.24, 2.45) is 5.41 Å². The van der Waals surface area contributed by atoms with Crippen LogP contribution in [0.2, 0.25) is 0 Å². The standard InChI is InChI=1S/C20H24O2/c1-14-6-8-16(9-7-14)17-10-15(13-21)11-18(12-17)19(22-5)20(2,3)4/h6-13,19H,1-5H3. The van der Waals surface area contributed by atoms with E-state index in [1.54, 1.807) is 7.11 Å². The molecule has 0 saturated carbocycles. The van der Waals surface area contributed by atoms with E-state index in [0.717, 1.165) is 23.0 Å². The number of methoxy groups -OCH3 is 1. The Morgan fingerprint density at radius 2 is 1.64 bits per heavy atom. The van der Waals surface area contributed by atoms with Crippen LogP contribution < -0.4 is 0 Å². The summed E-state index contributed by atoms with van der Waals surface area (Å²) < 4.78 is 5.69. The molecule has 2 rings (SSSR count). The Kier molecular flexibility index (Phi) is 4.82. The Balaban J connectivity index is 2.55. The molecule has 0 aliphatic carbocycles. The molecule has 0 N–H and O–H groups in total. The molecular weight excluding hydrogens is 272 g/mol. The predicted molar refractivity (Wildman–Crippen MR) is 91.2 cm³/mol. The van der Waals surface area contributed by atoms with Crippen LogP contribution in [-0.4, -0.2) is 13.4 Å². The number of carbonyl (C=O) groups excluding carboxylic acids is 1. The van der Waals surface area contributed by atoms with Crippen LogP contribution in [-0.2, 0) is 4.74 Å². The van der Waals surface area contributed by atoms with Crippen LogP contribution in [0.4, 0.5) is 0 Å². The highest BCUT2D eigenvalue weighted by Gasteiger charge is 2.26. The minimum Gasteiger partial charge on any atom is -0.376 e. The van der Waals surface area contributed by atoms with Gasteiger partial charge in [-0.05, 0) is 47.2 Å². The molecule has 22 heavy (non-hydrogen) atoms. The van der Waals surface area contributed by atoms with Gasteiger partial charge in [0.25, 0.3) is 0 Å². The minimum absolute atomic E-state index is 0.0409. The Morgan fingerprint density at radius 1 is 1.00 bits per heavy atom. The van der Waals surface area contributed by atoms with E-state index < -0.39 is 0 Å². The lowest BCUT2D eigenvalue weighted by atomic mass is 9.83. The van der Waals surface area contributed by atoms with Gasteiger partial charge in [-0.1, -0.05) is 50.6 Å². The molecule has 2 nitrogen and oxygen atoms in total. The molecule has 2 heteroatoms. The summed E-state index contributed by atoms with van der Waals surface area (Å²) in [6, 6.07) is 14.3. The van der Waals surface area contributed by atoms with Crippen molar-refractivity contribution in [2.75, 3.05) is 7.11 Å². The molecule has 0 radical (unpaired) electrons. The zero-order chi connectivity index (χ0) is 16.3. The zero-order valence-electron chi connectivity index (χ0n) is 14.0. The van der Waals surface area contributed by atoms with E-state index in [0.29, 0.717) is 5.56 Å². The van der Waals surface area contributed by atoms with Crippen LogP contribution in [0.1, 0.15) is 48.4 Å². The largest absolute Gasteiger partial charge is 0.376 e. The van der Waals surface area contributed by atoms with Gasteiger partial charge in [0.15, 0.2) is 0 Å². The second-order valence-corrected chi connectivity index (χ2v) is 6.85. The number of rotatable bonds is 4. The smallest absolute Gasteiger partial charge is 0.150 e. The Hall–Kier alpha value is -1.93. The first kappa shape index (κ1) is 16.4. The molecule has 116 valence electrons. The number of hydrogen-bond donors (Lipinski definition) is 0. The lowest BCUT2D eigenvalue weighted by molar-refractivity contribution is 0.0152. The van der Waals surface area contributed by atoms with Gasteiger partial charge in [0, 0.05) is 12.7 Å². The maximum Gasteiger partial charge on any atom is 0.150 e. The summed E-state index contributed by atoms with van der Waals surface area (Å²) in [4.78, 5) is 11.3. The maximum atomic E-state index is 11.3.